The summed E-state index contributed by atoms with van der Waals surface area (Å²) in [4.78, 5) is 5.83. The molecule has 7 nitrogen and oxygen atoms in total. The molecule has 0 radical (unpaired) electrons. The Bertz CT molecular complexity index is 427. The molecule has 2 aromatic heterocycles. The Hall–Kier alpha value is -1.76. The lowest BCUT2D eigenvalue weighted by Crippen LogP contribution is -2.23. The van der Waals surface area contributed by atoms with Crippen LogP contribution in [0.2, 0.25) is 0 Å². The van der Waals surface area contributed by atoms with Gasteiger partial charge in [0.2, 0.25) is 0 Å². The van der Waals surface area contributed by atoms with E-state index in [0.29, 0.717) is 12.2 Å². The van der Waals surface area contributed by atoms with Gasteiger partial charge in [-0.25, -0.2) is 0 Å². The maximum Gasteiger partial charge on any atom is 0.199 e. The second-order valence-corrected chi connectivity index (χ2v) is 2.86. The van der Waals surface area contributed by atoms with Gasteiger partial charge in [-0.3, -0.25) is 4.98 Å². The number of nitrogens with zero attached hydrogens (tertiary/aromatic N) is 6. The van der Waals surface area contributed by atoms with E-state index in [1.807, 2.05) is 11.9 Å². The van der Waals surface area contributed by atoms with Crippen LogP contribution in [0.15, 0.2) is 12.4 Å². The molecule has 0 fully saturated rings. The van der Waals surface area contributed by atoms with Gasteiger partial charge in [0, 0.05) is 13.6 Å². The van der Waals surface area contributed by atoms with Crippen LogP contribution >= 0.6 is 0 Å². The molecule has 2 heterocycles. The van der Waals surface area contributed by atoms with Gasteiger partial charge >= 0.3 is 0 Å². The molecule has 0 bridgehead atoms. The van der Waals surface area contributed by atoms with Crippen LogP contribution in [-0.2, 0) is 0 Å². The minimum absolute atomic E-state index is 0.0784. The van der Waals surface area contributed by atoms with Gasteiger partial charge in [0.1, 0.15) is 0 Å². The fourth-order valence-corrected chi connectivity index (χ4v) is 1.19. The Kier molecular flexibility index (Phi) is 2.23. The van der Waals surface area contributed by atoms with E-state index in [1.54, 1.807) is 16.9 Å². The minimum Gasteiger partial charge on any atom is -0.395 e. The fourth-order valence-electron chi connectivity index (χ4n) is 1.19. The summed E-state index contributed by atoms with van der Waals surface area (Å²) in [5, 5.41) is 19.9. The molecule has 74 valence electrons. The molecule has 2 aromatic rings. The monoisotopic (exact) mass is 194 g/mol. The smallest absolute Gasteiger partial charge is 0.199 e. The van der Waals surface area contributed by atoms with Gasteiger partial charge in [0.05, 0.1) is 19.0 Å². The second-order valence-electron chi connectivity index (χ2n) is 2.86. The van der Waals surface area contributed by atoms with Crippen molar-refractivity contribution in [1.82, 2.24) is 25.0 Å². The molecule has 0 atom stereocenters. The van der Waals surface area contributed by atoms with Crippen LogP contribution in [0.1, 0.15) is 0 Å². The maximum absolute atomic E-state index is 8.80. The summed E-state index contributed by atoms with van der Waals surface area (Å²) in [6.07, 6.45) is 3.23. The molecule has 1 N–H and O–H groups in total. The average Bonchev–Trinajstić information content (AvgIpc) is 2.65. The predicted octanol–water partition coefficient (Wildman–Crippen LogP) is -1.05. The highest BCUT2D eigenvalue weighted by molar-refractivity contribution is 5.45. The van der Waals surface area contributed by atoms with Gasteiger partial charge in [-0.2, -0.15) is 4.52 Å². The predicted molar refractivity (Wildman–Crippen MR) is 48.9 cm³/mol. The molecular weight excluding hydrogens is 184 g/mol. The van der Waals surface area contributed by atoms with Gasteiger partial charge in [0.25, 0.3) is 0 Å². The summed E-state index contributed by atoms with van der Waals surface area (Å²) in [6, 6.07) is 0. The molecule has 2 rings (SSSR count). The van der Waals surface area contributed by atoms with Crippen LogP contribution < -0.4 is 4.90 Å². The van der Waals surface area contributed by atoms with Crippen molar-refractivity contribution in [2.24, 2.45) is 0 Å². The zero-order valence-corrected chi connectivity index (χ0v) is 7.70. The number of hydrogen-bond donors (Lipinski definition) is 1. The van der Waals surface area contributed by atoms with Crippen LogP contribution in [0.5, 0.6) is 0 Å². The topological polar surface area (TPSA) is 79.4 Å². The molecule has 14 heavy (non-hydrogen) atoms. The first kappa shape index (κ1) is 8.82. The Morgan fingerprint density at radius 2 is 2.36 bits per heavy atom. The second kappa shape index (κ2) is 3.54. The van der Waals surface area contributed by atoms with E-state index >= 15 is 0 Å². The van der Waals surface area contributed by atoms with Crippen molar-refractivity contribution < 1.29 is 5.11 Å². The van der Waals surface area contributed by atoms with Crippen molar-refractivity contribution in [3.05, 3.63) is 12.4 Å². The normalized spacial score (nSPS) is 10.7. The van der Waals surface area contributed by atoms with E-state index < -0.39 is 0 Å². The Labute approximate surface area is 80.0 Å². The molecule has 7 heteroatoms. The van der Waals surface area contributed by atoms with Crippen molar-refractivity contribution in [2.45, 2.75) is 0 Å². The van der Waals surface area contributed by atoms with Crippen LogP contribution in [0.25, 0.3) is 5.65 Å². The van der Waals surface area contributed by atoms with Gasteiger partial charge < -0.3 is 10.0 Å². The molecule has 0 unspecified atom stereocenters. The van der Waals surface area contributed by atoms with Gasteiger partial charge in [-0.05, 0) is 10.4 Å². The summed E-state index contributed by atoms with van der Waals surface area (Å²) in [7, 11) is 1.84. The lowest BCUT2D eigenvalue weighted by Gasteiger charge is -2.16. The molecule has 0 amide bonds. The number of likely N-dealkylation sites (N-methyl/N-ethyl adjacent to an activating group) is 1. The number of rotatable bonds is 3. The average molecular weight is 194 g/mol. The van der Waals surface area contributed by atoms with E-state index in [1.165, 1.54) is 0 Å². The third-order valence-electron chi connectivity index (χ3n) is 1.92. The first-order valence-corrected chi connectivity index (χ1v) is 4.17. The molecule has 0 aromatic carbocycles. The van der Waals surface area contributed by atoms with E-state index in [-0.39, 0.29) is 6.61 Å². The standard InChI is InChI=1S/C7H10N6O/c1-12(2-3-14)7-5-8-4-6-9-10-11-13(6)7/h4-5,14H,2-3H2,1H3. The SMILES string of the molecule is CN(CCO)c1cncc2nnnn12. The van der Waals surface area contributed by atoms with Crippen LogP contribution in [0.3, 0.4) is 0 Å². The van der Waals surface area contributed by atoms with Crippen molar-refractivity contribution in [2.75, 3.05) is 25.1 Å². The minimum atomic E-state index is 0.0784. The van der Waals surface area contributed by atoms with Crippen LogP contribution in [0.4, 0.5) is 5.82 Å². The zero-order valence-electron chi connectivity index (χ0n) is 7.70. The first-order valence-electron chi connectivity index (χ1n) is 4.17. The van der Waals surface area contributed by atoms with Gasteiger partial charge in [-0.15, -0.1) is 5.10 Å². The van der Waals surface area contributed by atoms with Crippen LogP contribution in [-0.4, -0.2) is 50.3 Å². The summed E-state index contributed by atoms with van der Waals surface area (Å²) in [6.45, 7) is 0.593. The number of aromatic nitrogens is 5. The fraction of sp³-hybridized carbons (Fsp3) is 0.429. The first-order chi connectivity index (χ1) is 6.83. The third kappa shape index (κ3) is 1.37. The number of aliphatic hydroxyl groups is 1. The summed E-state index contributed by atoms with van der Waals surface area (Å²) in [5.41, 5.74) is 0.590. The quantitative estimate of drug-likeness (QED) is 0.671. The van der Waals surface area contributed by atoms with Crippen LogP contribution in [0, 0.1) is 0 Å². The molecule has 0 aliphatic rings. The summed E-state index contributed by atoms with van der Waals surface area (Å²) in [5.74, 6) is 0.751. The third-order valence-corrected chi connectivity index (χ3v) is 1.92. The highest BCUT2D eigenvalue weighted by atomic mass is 16.3. The number of anilines is 1. The van der Waals surface area contributed by atoms with Crippen molar-refractivity contribution >= 4 is 11.5 Å². The molecule has 0 spiro atoms. The van der Waals surface area contributed by atoms with Gasteiger partial charge in [-0.1, -0.05) is 0 Å². The van der Waals surface area contributed by atoms with E-state index in [4.69, 9.17) is 5.11 Å². The Balaban J connectivity index is 2.45. The summed E-state index contributed by atoms with van der Waals surface area (Å²) >= 11 is 0. The van der Waals surface area contributed by atoms with E-state index in [2.05, 4.69) is 20.5 Å². The van der Waals surface area contributed by atoms with Crippen molar-refractivity contribution in [3.63, 3.8) is 0 Å². The maximum atomic E-state index is 8.80. The zero-order chi connectivity index (χ0) is 9.97. The lowest BCUT2D eigenvalue weighted by molar-refractivity contribution is 0.303. The Morgan fingerprint density at radius 1 is 1.50 bits per heavy atom. The molecule has 0 saturated heterocycles. The Morgan fingerprint density at radius 3 is 3.14 bits per heavy atom. The number of tetrazole rings is 1. The number of fused-ring (bicyclic) bond motifs is 1. The molecule has 0 aliphatic heterocycles. The number of aliphatic hydroxyl groups excluding tert-OH is 1. The van der Waals surface area contributed by atoms with Crippen molar-refractivity contribution in [3.8, 4) is 0 Å². The molecular formula is C7H10N6O. The summed E-state index contributed by atoms with van der Waals surface area (Å²) < 4.78 is 1.57. The van der Waals surface area contributed by atoms with Crippen molar-refractivity contribution in [1.29, 1.82) is 0 Å². The van der Waals surface area contributed by atoms with E-state index in [9.17, 15) is 0 Å². The highest BCUT2D eigenvalue weighted by Gasteiger charge is 2.07. The molecule has 0 aliphatic carbocycles. The highest BCUT2D eigenvalue weighted by Crippen LogP contribution is 2.09. The molecule has 0 saturated carbocycles. The number of hydrogen-bond acceptors (Lipinski definition) is 6. The lowest BCUT2D eigenvalue weighted by atomic mass is 10.5. The largest absolute Gasteiger partial charge is 0.395 e. The van der Waals surface area contributed by atoms with Gasteiger partial charge in [0.15, 0.2) is 11.5 Å². The van der Waals surface area contributed by atoms with E-state index in [0.717, 1.165) is 5.82 Å².